The van der Waals surface area contributed by atoms with Gasteiger partial charge >= 0.3 is 0 Å². The van der Waals surface area contributed by atoms with Crippen LogP contribution >= 0.6 is 0 Å². The van der Waals surface area contributed by atoms with E-state index in [0.717, 1.165) is 16.9 Å². The van der Waals surface area contributed by atoms with Gasteiger partial charge in [-0.3, -0.25) is 4.79 Å². The number of aromatic nitrogens is 1. The molecule has 26 heavy (non-hydrogen) atoms. The molecule has 0 radical (unpaired) electrons. The van der Waals surface area contributed by atoms with E-state index in [4.69, 9.17) is 4.74 Å². The highest BCUT2D eigenvalue weighted by atomic mass is 16.5. The third-order valence-corrected chi connectivity index (χ3v) is 3.97. The lowest BCUT2D eigenvalue weighted by Crippen LogP contribution is -2.22. The monoisotopic (exact) mass is 347 g/mol. The molecule has 0 unspecified atom stereocenters. The molecule has 1 aromatic heterocycles. The van der Waals surface area contributed by atoms with Crippen LogP contribution in [0.15, 0.2) is 72.9 Å². The summed E-state index contributed by atoms with van der Waals surface area (Å²) in [7, 11) is 1.65. The number of pyridine rings is 1. The van der Waals surface area contributed by atoms with Gasteiger partial charge in [-0.15, -0.1) is 0 Å². The van der Waals surface area contributed by atoms with Gasteiger partial charge in [-0.2, -0.15) is 0 Å². The second kappa shape index (κ2) is 8.67. The van der Waals surface area contributed by atoms with Crippen LogP contribution in [-0.4, -0.2) is 18.0 Å². The van der Waals surface area contributed by atoms with Gasteiger partial charge in [0.05, 0.1) is 12.7 Å². The first-order valence-corrected chi connectivity index (χ1v) is 8.40. The highest BCUT2D eigenvalue weighted by molar-refractivity contribution is 5.94. The average molecular weight is 347 g/mol. The van der Waals surface area contributed by atoms with Crippen molar-refractivity contribution in [3.05, 3.63) is 89.6 Å². The Balaban J connectivity index is 1.55. The van der Waals surface area contributed by atoms with Crippen molar-refractivity contribution in [1.82, 2.24) is 10.3 Å². The Morgan fingerprint density at radius 1 is 0.962 bits per heavy atom. The lowest BCUT2D eigenvalue weighted by molar-refractivity contribution is 0.0950. The molecular weight excluding hydrogens is 326 g/mol. The van der Waals surface area contributed by atoms with Crippen LogP contribution in [0.3, 0.4) is 0 Å². The van der Waals surface area contributed by atoms with Crippen LogP contribution in [0.2, 0.25) is 0 Å². The van der Waals surface area contributed by atoms with Crippen molar-refractivity contribution in [3.8, 4) is 5.75 Å². The Morgan fingerprint density at radius 2 is 1.73 bits per heavy atom. The molecule has 0 aliphatic carbocycles. The van der Waals surface area contributed by atoms with E-state index in [2.05, 4.69) is 15.6 Å². The molecule has 3 rings (SSSR count). The molecule has 2 aromatic carbocycles. The maximum atomic E-state index is 12.2. The Labute approximate surface area is 153 Å². The Bertz CT molecular complexity index is 849. The highest BCUT2D eigenvalue weighted by Crippen LogP contribution is 2.18. The molecule has 1 amide bonds. The van der Waals surface area contributed by atoms with Gasteiger partial charge in [-0.1, -0.05) is 48.5 Å². The third kappa shape index (κ3) is 4.60. The fourth-order valence-corrected chi connectivity index (χ4v) is 2.55. The summed E-state index contributed by atoms with van der Waals surface area (Å²) >= 11 is 0. The molecule has 5 nitrogen and oxygen atoms in total. The number of benzene rings is 2. The van der Waals surface area contributed by atoms with Crippen LogP contribution in [0.25, 0.3) is 0 Å². The van der Waals surface area contributed by atoms with Crippen LogP contribution in [0.4, 0.5) is 5.82 Å². The zero-order valence-corrected chi connectivity index (χ0v) is 14.6. The van der Waals surface area contributed by atoms with Crippen molar-refractivity contribution >= 4 is 11.7 Å². The molecule has 0 aliphatic rings. The minimum absolute atomic E-state index is 0.141. The maximum Gasteiger partial charge on any atom is 0.253 e. The van der Waals surface area contributed by atoms with Crippen molar-refractivity contribution in [2.75, 3.05) is 12.4 Å². The number of rotatable bonds is 7. The number of ether oxygens (including phenoxy) is 1. The molecule has 0 saturated carbocycles. The van der Waals surface area contributed by atoms with Gasteiger partial charge in [0.25, 0.3) is 5.91 Å². The van der Waals surface area contributed by atoms with E-state index in [1.807, 2.05) is 54.6 Å². The first kappa shape index (κ1) is 17.5. The smallest absolute Gasteiger partial charge is 0.253 e. The first-order chi connectivity index (χ1) is 12.8. The standard InChI is InChI=1S/C21H21N3O2/c1-26-19-10-6-5-9-17(19)14-22-20-12-11-18(15-23-20)21(25)24-13-16-7-3-2-4-8-16/h2-12,15H,13-14H2,1H3,(H,22,23)(H,24,25). The van der Waals surface area contributed by atoms with E-state index in [0.29, 0.717) is 24.5 Å². The number of anilines is 1. The van der Waals surface area contributed by atoms with Crippen LogP contribution < -0.4 is 15.4 Å². The van der Waals surface area contributed by atoms with Crippen molar-refractivity contribution in [2.24, 2.45) is 0 Å². The number of para-hydroxylation sites is 1. The van der Waals surface area contributed by atoms with E-state index in [1.165, 1.54) is 0 Å². The summed E-state index contributed by atoms with van der Waals surface area (Å²) in [4.78, 5) is 16.5. The minimum atomic E-state index is -0.141. The molecular formula is C21H21N3O2. The summed E-state index contributed by atoms with van der Waals surface area (Å²) in [5.74, 6) is 1.39. The van der Waals surface area contributed by atoms with Crippen LogP contribution in [0.5, 0.6) is 5.75 Å². The fraction of sp³-hybridized carbons (Fsp3) is 0.143. The Morgan fingerprint density at radius 3 is 2.46 bits per heavy atom. The Hall–Kier alpha value is -3.34. The van der Waals surface area contributed by atoms with Crippen molar-refractivity contribution in [2.45, 2.75) is 13.1 Å². The maximum absolute atomic E-state index is 12.2. The number of carbonyl (C=O) groups excluding carboxylic acids is 1. The van der Waals surface area contributed by atoms with Crippen molar-refractivity contribution in [3.63, 3.8) is 0 Å². The molecule has 0 bridgehead atoms. The average Bonchev–Trinajstić information content (AvgIpc) is 2.72. The molecule has 0 atom stereocenters. The summed E-state index contributed by atoms with van der Waals surface area (Å²) in [5, 5.41) is 6.13. The quantitative estimate of drug-likeness (QED) is 0.685. The molecule has 3 aromatic rings. The van der Waals surface area contributed by atoms with E-state index >= 15 is 0 Å². The summed E-state index contributed by atoms with van der Waals surface area (Å²) in [6, 6.07) is 21.2. The number of nitrogens with one attached hydrogen (secondary N) is 2. The SMILES string of the molecule is COc1ccccc1CNc1ccc(C(=O)NCc2ccccc2)cn1. The van der Waals surface area contributed by atoms with Gasteiger partial charge in [0, 0.05) is 24.8 Å². The van der Waals surface area contributed by atoms with Crippen molar-refractivity contribution in [1.29, 1.82) is 0 Å². The lowest BCUT2D eigenvalue weighted by atomic mass is 10.2. The van der Waals surface area contributed by atoms with Crippen molar-refractivity contribution < 1.29 is 9.53 Å². The van der Waals surface area contributed by atoms with Gasteiger partial charge in [0.15, 0.2) is 0 Å². The number of nitrogens with zero attached hydrogens (tertiary/aromatic N) is 1. The molecule has 5 heteroatoms. The molecule has 0 saturated heterocycles. The van der Waals surface area contributed by atoms with E-state index in [9.17, 15) is 4.79 Å². The summed E-state index contributed by atoms with van der Waals surface area (Å²) in [6.07, 6.45) is 1.57. The second-order valence-electron chi connectivity index (χ2n) is 5.77. The predicted octanol–water partition coefficient (Wildman–Crippen LogP) is 3.63. The molecule has 2 N–H and O–H groups in total. The number of hydrogen-bond donors (Lipinski definition) is 2. The van der Waals surface area contributed by atoms with E-state index in [1.54, 1.807) is 25.4 Å². The third-order valence-electron chi connectivity index (χ3n) is 3.97. The van der Waals surface area contributed by atoms with Gasteiger partial charge in [0.2, 0.25) is 0 Å². The summed E-state index contributed by atoms with van der Waals surface area (Å²) < 4.78 is 5.33. The largest absolute Gasteiger partial charge is 0.496 e. The predicted molar refractivity (Wildman–Crippen MR) is 102 cm³/mol. The molecule has 0 aliphatic heterocycles. The number of hydrogen-bond acceptors (Lipinski definition) is 4. The van der Waals surface area contributed by atoms with E-state index in [-0.39, 0.29) is 5.91 Å². The highest BCUT2D eigenvalue weighted by Gasteiger charge is 2.07. The van der Waals surface area contributed by atoms with Crippen LogP contribution in [-0.2, 0) is 13.1 Å². The first-order valence-electron chi connectivity index (χ1n) is 8.40. The second-order valence-corrected chi connectivity index (χ2v) is 5.77. The molecule has 0 fully saturated rings. The van der Waals surface area contributed by atoms with Gasteiger partial charge < -0.3 is 15.4 Å². The number of methoxy groups -OCH3 is 1. The normalized spacial score (nSPS) is 10.2. The fourth-order valence-electron chi connectivity index (χ4n) is 2.55. The summed E-state index contributed by atoms with van der Waals surface area (Å²) in [5.41, 5.74) is 2.63. The number of amides is 1. The molecule has 0 spiro atoms. The van der Waals surface area contributed by atoms with Gasteiger partial charge in [0.1, 0.15) is 11.6 Å². The van der Waals surface area contributed by atoms with Gasteiger partial charge in [-0.25, -0.2) is 4.98 Å². The minimum Gasteiger partial charge on any atom is -0.496 e. The van der Waals surface area contributed by atoms with Gasteiger partial charge in [-0.05, 0) is 23.8 Å². The van der Waals surface area contributed by atoms with Crippen LogP contribution in [0, 0.1) is 0 Å². The summed E-state index contributed by atoms with van der Waals surface area (Å²) in [6.45, 7) is 1.09. The van der Waals surface area contributed by atoms with E-state index < -0.39 is 0 Å². The lowest BCUT2D eigenvalue weighted by Gasteiger charge is -2.10. The zero-order valence-electron chi connectivity index (χ0n) is 14.6. The topological polar surface area (TPSA) is 63.2 Å². The zero-order chi connectivity index (χ0) is 18.2. The number of carbonyl (C=O) groups is 1. The van der Waals surface area contributed by atoms with Crippen LogP contribution in [0.1, 0.15) is 21.5 Å². The Kier molecular flexibility index (Phi) is 5.83. The molecule has 132 valence electrons. The molecule has 1 heterocycles.